The zero-order valence-electron chi connectivity index (χ0n) is 16.6. The molecular formula is C21H23N5O3S. The number of benzene rings is 1. The molecule has 0 atom stereocenters. The van der Waals surface area contributed by atoms with Crippen LogP contribution in [-0.2, 0) is 17.6 Å². The maximum atomic E-state index is 12.4. The van der Waals surface area contributed by atoms with Crippen LogP contribution in [-0.4, -0.2) is 48.5 Å². The van der Waals surface area contributed by atoms with Crippen LogP contribution in [0.3, 0.4) is 0 Å². The molecule has 0 unspecified atom stereocenters. The molecule has 0 radical (unpaired) electrons. The molecule has 1 aliphatic carbocycles. The van der Waals surface area contributed by atoms with Gasteiger partial charge < -0.3 is 10.2 Å². The Labute approximate surface area is 178 Å². The van der Waals surface area contributed by atoms with Crippen molar-refractivity contribution >= 4 is 33.6 Å². The number of fused-ring (bicyclic) bond motifs is 1. The summed E-state index contributed by atoms with van der Waals surface area (Å²) < 4.78 is 0. The first-order valence-electron chi connectivity index (χ1n) is 10.1. The maximum absolute atomic E-state index is 12.4. The molecule has 0 bridgehead atoms. The van der Waals surface area contributed by atoms with E-state index in [9.17, 15) is 20.2 Å². The van der Waals surface area contributed by atoms with Gasteiger partial charge in [-0.1, -0.05) is 6.07 Å². The van der Waals surface area contributed by atoms with Crippen LogP contribution in [0, 0.1) is 21.4 Å². The number of nitro groups is 1. The highest BCUT2D eigenvalue weighted by molar-refractivity contribution is 7.16. The van der Waals surface area contributed by atoms with Crippen molar-refractivity contribution < 1.29 is 9.72 Å². The molecule has 2 aromatic rings. The lowest BCUT2D eigenvalue weighted by Gasteiger charge is -2.35. The van der Waals surface area contributed by atoms with Gasteiger partial charge >= 0.3 is 0 Å². The van der Waals surface area contributed by atoms with Gasteiger partial charge in [-0.3, -0.25) is 19.8 Å². The summed E-state index contributed by atoms with van der Waals surface area (Å²) in [7, 11) is 0. The minimum atomic E-state index is -0.377. The average Bonchev–Trinajstić information content (AvgIpc) is 3.33. The third kappa shape index (κ3) is 4.30. The molecule has 1 saturated heterocycles. The molecule has 9 heteroatoms. The van der Waals surface area contributed by atoms with Crippen LogP contribution in [0.15, 0.2) is 24.3 Å². The third-order valence-corrected chi connectivity index (χ3v) is 6.93. The highest BCUT2D eigenvalue weighted by Gasteiger charge is 2.24. The van der Waals surface area contributed by atoms with Crippen LogP contribution < -0.4 is 10.2 Å². The number of thiophene rings is 1. The Hall–Kier alpha value is -2.96. The summed E-state index contributed by atoms with van der Waals surface area (Å²) >= 11 is 1.54. The van der Waals surface area contributed by atoms with E-state index < -0.39 is 0 Å². The predicted molar refractivity (Wildman–Crippen MR) is 116 cm³/mol. The summed E-state index contributed by atoms with van der Waals surface area (Å²) in [6.45, 7) is 3.78. The van der Waals surface area contributed by atoms with Crippen molar-refractivity contribution in [2.24, 2.45) is 0 Å². The summed E-state index contributed by atoms with van der Waals surface area (Å²) in [5.41, 5.74) is 2.72. The number of rotatable bonds is 6. The second kappa shape index (κ2) is 8.81. The lowest BCUT2D eigenvalue weighted by Crippen LogP contribution is -2.47. The highest BCUT2D eigenvalue weighted by Crippen LogP contribution is 2.38. The molecule has 0 spiro atoms. The Morgan fingerprint density at radius 3 is 2.80 bits per heavy atom. The van der Waals surface area contributed by atoms with Crippen molar-refractivity contribution in [3.8, 4) is 6.07 Å². The number of amides is 1. The third-order valence-electron chi connectivity index (χ3n) is 5.72. The predicted octanol–water partition coefficient (Wildman–Crippen LogP) is 3.17. The minimum Gasteiger partial charge on any atom is -0.369 e. The largest absolute Gasteiger partial charge is 0.369 e. The van der Waals surface area contributed by atoms with E-state index in [1.54, 1.807) is 23.5 Å². The van der Waals surface area contributed by atoms with Crippen molar-refractivity contribution in [2.75, 3.05) is 42.9 Å². The molecule has 1 N–H and O–H groups in total. The zero-order chi connectivity index (χ0) is 21.1. The number of hydrogen-bond donors (Lipinski definition) is 1. The van der Waals surface area contributed by atoms with E-state index in [1.165, 1.54) is 10.9 Å². The highest BCUT2D eigenvalue weighted by atomic mass is 32.1. The van der Waals surface area contributed by atoms with E-state index in [-0.39, 0.29) is 16.5 Å². The van der Waals surface area contributed by atoms with Crippen LogP contribution in [0.2, 0.25) is 0 Å². The number of aryl methyl sites for hydroxylation is 1. The molecule has 2 aliphatic rings. The standard InChI is InChI=1S/C21H23N5O3S/c22-14-18-17-5-2-6-19(17)30-21(18)23-20(27)7-8-24-9-11-25(12-10-24)15-3-1-4-16(13-15)26(28)29/h1,3-4,13H,2,5-12H2,(H,23,27). The normalized spacial score (nSPS) is 16.2. The average molecular weight is 426 g/mol. The number of non-ortho nitro benzene ring substituents is 1. The van der Waals surface area contributed by atoms with Gasteiger partial charge in [-0.05, 0) is 30.9 Å². The quantitative estimate of drug-likeness (QED) is 0.563. The van der Waals surface area contributed by atoms with Crippen LogP contribution in [0.25, 0.3) is 0 Å². The Bertz CT molecular complexity index is 1000. The molecule has 1 aromatic carbocycles. The first kappa shape index (κ1) is 20.3. The summed E-state index contributed by atoms with van der Waals surface area (Å²) in [4.78, 5) is 28.6. The molecule has 30 heavy (non-hydrogen) atoms. The summed E-state index contributed by atoms with van der Waals surface area (Å²) in [6, 6.07) is 8.96. The Morgan fingerprint density at radius 2 is 2.07 bits per heavy atom. The fraction of sp³-hybridized carbons (Fsp3) is 0.429. The van der Waals surface area contributed by atoms with Crippen LogP contribution >= 0.6 is 11.3 Å². The molecule has 1 aromatic heterocycles. The Morgan fingerprint density at radius 1 is 1.27 bits per heavy atom. The number of anilines is 2. The van der Waals surface area contributed by atoms with E-state index >= 15 is 0 Å². The van der Waals surface area contributed by atoms with E-state index in [4.69, 9.17) is 0 Å². The molecule has 8 nitrogen and oxygen atoms in total. The van der Waals surface area contributed by atoms with Gasteiger partial charge in [0.05, 0.1) is 10.5 Å². The molecular weight excluding hydrogens is 402 g/mol. The van der Waals surface area contributed by atoms with E-state index in [2.05, 4.69) is 21.2 Å². The van der Waals surface area contributed by atoms with Crippen LogP contribution in [0.1, 0.15) is 28.8 Å². The number of nitrogens with one attached hydrogen (secondary N) is 1. The summed E-state index contributed by atoms with van der Waals surface area (Å²) in [5, 5.41) is 24.0. The Kier molecular flexibility index (Phi) is 5.97. The van der Waals surface area contributed by atoms with Gasteiger partial charge in [0, 0.05) is 61.8 Å². The van der Waals surface area contributed by atoms with Crippen molar-refractivity contribution in [3.63, 3.8) is 0 Å². The van der Waals surface area contributed by atoms with E-state index in [0.29, 0.717) is 23.5 Å². The molecule has 1 aliphatic heterocycles. The SMILES string of the molecule is N#Cc1c(NC(=O)CCN2CCN(c3cccc([N+](=O)[O-])c3)CC2)sc2c1CCC2. The van der Waals surface area contributed by atoms with Crippen molar-refractivity contribution in [1.29, 1.82) is 5.26 Å². The monoisotopic (exact) mass is 425 g/mol. The van der Waals surface area contributed by atoms with Gasteiger partial charge in [0.1, 0.15) is 11.1 Å². The van der Waals surface area contributed by atoms with Crippen molar-refractivity contribution in [2.45, 2.75) is 25.7 Å². The fourth-order valence-corrected chi connectivity index (χ4v) is 5.35. The van der Waals surface area contributed by atoms with Gasteiger partial charge in [0.15, 0.2) is 0 Å². The van der Waals surface area contributed by atoms with Crippen molar-refractivity contribution in [1.82, 2.24) is 4.90 Å². The number of carbonyl (C=O) groups is 1. The smallest absolute Gasteiger partial charge is 0.271 e. The second-order valence-corrected chi connectivity index (χ2v) is 8.68. The fourth-order valence-electron chi connectivity index (χ4n) is 4.09. The summed E-state index contributed by atoms with van der Waals surface area (Å²) in [6.07, 6.45) is 3.40. The molecule has 0 saturated carbocycles. The first-order chi connectivity index (χ1) is 14.5. The molecule has 1 amide bonds. The van der Waals surface area contributed by atoms with Crippen LogP contribution in [0.4, 0.5) is 16.4 Å². The molecule has 2 heterocycles. The van der Waals surface area contributed by atoms with Gasteiger partial charge in [-0.2, -0.15) is 5.26 Å². The minimum absolute atomic E-state index is 0.0625. The topological polar surface area (TPSA) is 103 Å². The number of hydrogen-bond acceptors (Lipinski definition) is 7. The lowest BCUT2D eigenvalue weighted by molar-refractivity contribution is -0.384. The Balaban J connectivity index is 1.26. The zero-order valence-corrected chi connectivity index (χ0v) is 17.4. The summed E-state index contributed by atoms with van der Waals surface area (Å²) in [5.74, 6) is -0.0625. The lowest BCUT2D eigenvalue weighted by atomic mass is 10.1. The van der Waals surface area contributed by atoms with Gasteiger partial charge in [-0.25, -0.2) is 0 Å². The first-order valence-corrected chi connectivity index (χ1v) is 10.9. The number of nitrogens with zero attached hydrogens (tertiary/aromatic N) is 4. The van der Waals surface area contributed by atoms with Crippen LogP contribution in [0.5, 0.6) is 0 Å². The van der Waals surface area contributed by atoms with Gasteiger partial charge in [0.2, 0.25) is 5.91 Å². The van der Waals surface area contributed by atoms with Gasteiger partial charge in [0.25, 0.3) is 5.69 Å². The molecule has 1 fully saturated rings. The van der Waals surface area contributed by atoms with E-state index in [1.807, 2.05) is 6.07 Å². The van der Waals surface area contributed by atoms with Crippen molar-refractivity contribution in [3.05, 3.63) is 50.4 Å². The van der Waals surface area contributed by atoms with Gasteiger partial charge in [-0.15, -0.1) is 11.3 Å². The molecule has 4 rings (SSSR count). The van der Waals surface area contributed by atoms with E-state index in [0.717, 1.165) is 56.7 Å². The number of nitro benzene ring substituents is 1. The number of carbonyl (C=O) groups excluding carboxylic acids is 1. The number of piperazine rings is 1. The number of nitriles is 1. The second-order valence-electron chi connectivity index (χ2n) is 7.58. The maximum Gasteiger partial charge on any atom is 0.271 e. The molecule has 156 valence electrons.